The zero-order chi connectivity index (χ0) is 20.4. The smallest absolute Gasteiger partial charge is 0.417 e. The maximum atomic E-state index is 12.9. The van der Waals surface area contributed by atoms with Crippen molar-refractivity contribution in [3.8, 4) is 5.75 Å². The minimum atomic E-state index is -4.75. The SMILES string of the molecule is CNC(=O)c1cc(S(=O)(=O)Nc2ccc(Cl)c(C(F)(F)F)c2)ccc1OC. The van der Waals surface area contributed by atoms with E-state index >= 15 is 0 Å². The normalized spacial score (nSPS) is 11.8. The topological polar surface area (TPSA) is 84.5 Å². The number of nitrogens with one attached hydrogen (secondary N) is 2. The third-order valence-electron chi connectivity index (χ3n) is 3.48. The summed E-state index contributed by atoms with van der Waals surface area (Å²) in [6, 6.07) is 6.10. The van der Waals surface area contributed by atoms with Crippen LogP contribution in [0.5, 0.6) is 5.75 Å². The number of ether oxygens (including phenoxy) is 1. The van der Waals surface area contributed by atoms with Gasteiger partial charge < -0.3 is 10.1 Å². The Kier molecular flexibility index (Phi) is 5.91. The lowest BCUT2D eigenvalue weighted by molar-refractivity contribution is -0.137. The highest BCUT2D eigenvalue weighted by Gasteiger charge is 2.33. The lowest BCUT2D eigenvalue weighted by Crippen LogP contribution is -2.20. The standard InChI is InChI=1S/C16H14ClF3N2O4S/c1-21-15(23)11-8-10(4-6-14(11)26-2)27(24,25)22-9-3-5-13(17)12(7-9)16(18,19)20/h3-8,22H,1-2H3,(H,21,23). The van der Waals surface area contributed by atoms with Crippen molar-refractivity contribution in [2.75, 3.05) is 18.9 Å². The van der Waals surface area contributed by atoms with Gasteiger partial charge in [-0.15, -0.1) is 0 Å². The van der Waals surface area contributed by atoms with Gasteiger partial charge in [0.2, 0.25) is 0 Å². The van der Waals surface area contributed by atoms with Gasteiger partial charge in [-0.2, -0.15) is 13.2 Å². The molecular formula is C16H14ClF3N2O4S. The highest BCUT2D eigenvalue weighted by Crippen LogP contribution is 2.36. The molecule has 0 radical (unpaired) electrons. The predicted molar refractivity (Wildman–Crippen MR) is 93.6 cm³/mol. The van der Waals surface area contributed by atoms with E-state index in [0.717, 1.165) is 24.3 Å². The molecule has 2 aromatic carbocycles. The quantitative estimate of drug-likeness (QED) is 0.772. The number of sulfonamides is 1. The molecule has 0 saturated carbocycles. The molecule has 146 valence electrons. The molecule has 6 nitrogen and oxygen atoms in total. The molecular weight excluding hydrogens is 409 g/mol. The van der Waals surface area contributed by atoms with Gasteiger partial charge in [0.25, 0.3) is 15.9 Å². The fourth-order valence-electron chi connectivity index (χ4n) is 2.19. The number of anilines is 1. The predicted octanol–water partition coefficient (Wildman–Crippen LogP) is 3.53. The highest BCUT2D eigenvalue weighted by atomic mass is 35.5. The van der Waals surface area contributed by atoms with Crippen LogP contribution in [-0.4, -0.2) is 28.5 Å². The molecule has 0 atom stereocenters. The van der Waals surface area contributed by atoms with Crippen LogP contribution in [-0.2, 0) is 16.2 Å². The zero-order valence-electron chi connectivity index (χ0n) is 14.0. The lowest BCUT2D eigenvalue weighted by Gasteiger charge is -2.14. The van der Waals surface area contributed by atoms with E-state index in [1.54, 1.807) is 0 Å². The van der Waals surface area contributed by atoms with Crippen molar-refractivity contribution in [2.24, 2.45) is 0 Å². The third kappa shape index (κ3) is 4.64. The summed E-state index contributed by atoms with van der Waals surface area (Å²) in [4.78, 5) is 11.5. The molecule has 0 aliphatic heterocycles. The van der Waals surface area contributed by atoms with Gasteiger partial charge >= 0.3 is 6.18 Å². The number of halogens is 4. The summed E-state index contributed by atoms with van der Waals surface area (Å²) in [6.45, 7) is 0. The van der Waals surface area contributed by atoms with Crippen molar-refractivity contribution in [1.82, 2.24) is 5.32 Å². The van der Waals surface area contributed by atoms with Crippen molar-refractivity contribution < 1.29 is 31.1 Å². The molecule has 0 unspecified atom stereocenters. The summed E-state index contributed by atoms with van der Waals surface area (Å²) in [5.74, 6) is -0.450. The van der Waals surface area contributed by atoms with Gasteiger partial charge in [0.05, 0.1) is 28.2 Å². The molecule has 0 heterocycles. The van der Waals surface area contributed by atoms with E-state index < -0.39 is 32.7 Å². The fraction of sp³-hybridized carbons (Fsp3) is 0.188. The van der Waals surface area contributed by atoms with Crippen molar-refractivity contribution in [3.63, 3.8) is 0 Å². The second-order valence-electron chi connectivity index (χ2n) is 5.24. The zero-order valence-corrected chi connectivity index (χ0v) is 15.6. The van der Waals surface area contributed by atoms with E-state index in [2.05, 4.69) is 5.32 Å². The van der Waals surface area contributed by atoms with Crippen molar-refractivity contribution in [1.29, 1.82) is 0 Å². The maximum Gasteiger partial charge on any atom is 0.417 e. The number of carbonyl (C=O) groups excluding carboxylic acids is 1. The summed E-state index contributed by atoms with van der Waals surface area (Å²) >= 11 is 5.52. The van der Waals surface area contributed by atoms with Crippen LogP contribution >= 0.6 is 11.6 Å². The molecule has 0 aliphatic rings. The first-order valence-electron chi connectivity index (χ1n) is 7.29. The summed E-state index contributed by atoms with van der Waals surface area (Å²) in [6.07, 6.45) is -4.75. The fourth-order valence-corrected chi connectivity index (χ4v) is 3.49. The molecule has 0 spiro atoms. The summed E-state index contributed by atoms with van der Waals surface area (Å²) in [5.41, 5.74) is -1.55. The lowest BCUT2D eigenvalue weighted by atomic mass is 10.2. The molecule has 1 amide bonds. The van der Waals surface area contributed by atoms with E-state index in [9.17, 15) is 26.4 Å². The van der Waals surface area contributed by atoms with Crippen LogP contribution in [0, 0.1) is 0 Å². The number of hydrogen-bond acceptors (Lipinski definition) is 4. The molecule has 2 aromatic rings. The Balaban J connectivity index is 2.44. The van der Waals surface area contributed by atoms with E-state index in [1.807, 2.05) is 4.72 Å². The van der Waals surface area contributed by atoms with E-state index in [1.165, 1.54) is 20.2 Å². The van der Waals surface area contributed by atoms with Crippen LogP contribution < -0.4 is 14.8 Å². The van der Waals surface area contributed by atoms with E-state index in [4.69, 9.17) is 16.3 Å². The second-order valence-corrected chi connectivity index (χ2v) is 7.33. The Bertz CT molecular complexity index is 978. The molecule has 0 fully saturated rings. The number of benzene rings is 2. The molecule has 0 aromatic heterocycles. The van der Waals surface area contributed by atoms with Gasteiger partial charge in [0, 0.05) is 12.7 Å². The second kappa shape index (κ2) is 7.65. The first-order valence-corrected chi connectivity index (χ1v) is 9.15. The minimum Gasteiger partial charge on any atom is -0.496 e. The van der Waals surface area contributed by atoms with Crippen LogP contribution in [0.25, 0.3) is 0 Å². The summed E-state index contributed by atoms with van der Waals surface area (Å²) < 4.78 is 70.9. The van der Waals surface area contributed by atoms with Gasteiger partial charge in [-0.05, 0) is 36.4 Å². The van der Waals surface area contributed by atoms with Crippen LogP contribution in [0.2, 0.25) is 5.02 Å². The van der Waals surface area contributed by atoms with E-state index in [0.29, 0.717) is 6.07 Å². The Hall–Kier alpha value is -2.46. The largest absolute Gasteiger partial charge is 0.496 e. The number of rotatable bonds is 5. The number of amides is 1. The first-order chi connectivity index (χ1) is 12.5. The van der Waals surface area contributed by atoms with Crippen LogP contribution in [0.1, 0.15) is 15.9 Å². The number of alkyl halides is 3. The monoisotopic (exact) mass is 422 g/mol. The number of carbonyl (C=O) groups is 1. The number of hydrogen-bond donors (Lipinski definition) is 2. The first kappa shape index (κ1) is 20.8. The molecule has 2 N–H and O–H groups in total. The molecule has 0 bridgehead atoms. The summed E-state index contributed by atoms with van der Waals surface area (Å²) in [7, 11) is -1.61. The Labute approximate surface area is 158 Å². The Morgan fingerprint density at radius 3 is 2.37 bits per heavy atom. The van der Waals surface area contributed by atoms with E-state index in [-0.39, 0.29) is 21.9 Å². The van der Waals surface area contributed by atoms with Crippen molar-refractivity contribution in [2.45, 2.75) is 11.1 Å². The van der Waals surface area contributed by atoms with Crippen LogP contribution in [0.3, 0.4) is 0 Å². The molecule has 27 heavy (non-hydrogen) atoms. The molecule has 0 aliphatic carbocycles. The minimum absolute atomic E-state index is 0.0463. The van der Waals surface area contributed by atoms with Crippen molar-refractivity contribution >= 4 is 33.2 Å². The third-order valence-corrected chi connectivity index (χ3v) is 5.19. The molecule has 11 heteroatoms. The van der Waals surface area contributed by atoms with Gasteiger partial charge in [0.15, 0.2) is 0 Å². The van der Waals surface area contributed by atoms with Crippen LogP contribution in [0.15, 0.2) is 41.3 Å². The number of methoxy groups -OCH3 is 1. The van der Waals surface area contributed by atoms with Crippen molar-refractivity contribution in [3.05, 3.63) is 52.5 Å². The van der Waals surface area contributed by atoms with Gasteiger partial charge in [-0.1, -0.05) is 11.6 Å². The average molecular weight is 423 g/mol. The Morgan fingerprint density at radius 1 is 1.15 bits per heavy atom. The summed E-state index contributed by atoms with van der Waals surface area (Å²) in [5, 5.41) is 1.78. The van der Waals surface area contributed by atoms with Gasteiger partial charge in [0.1, 0.15) is 5.75 Å². The Morgan fingerprint density at radius 2 is 1.81 bits per heavy atom. The van der Waals surface area contributed by atoms with Crippen LogP contribution in [0.4, 0.5) is 18.9 Å². The molecule has 0 saturated heterocycles. The van der Waals surface area contributed by atoms with Gasteiger partial charge in [-0.25, -0.2) is 8.42 Å². The highest BCUT2D eigenvalue weighted by molar-refractivity contribution is 7.92. The maximum absolute atomic E-state index is 12.9. The van der Waals surface area contributed by atoms with Gasteiger partial charge in [-0.3, -0.25) is 9.52 Å². The average Bonchev–Trinajstić information content (AvgIpc) is 2.60. The molecule has 2 rings (SSSR count).